The molecule has 0 bridgehead atoms. The molecule has 1 aromatic carbocycles. The first-order chi connectivity index (χ1) is 12.1. The molecular weight excluding hydrogens is 348 g/mol. The summed E-state index contributed by atoms with van der Waals surface area (Å²) in [4.78, 5) is 23.7. The Morgan fingerprint density at radius 1 is 1.00 bits per heavy atom. The summed E-state index contributed by atoms with van der Waals surface area (Å²) in [6, 6.07) is 2.77. The van der Waals surface area contributed by atoms with Crippen LogP contribution in [0, 0.1) is 0 Å². The van der Waals surface area contributed by atoms with Gasteiger partial charge in [0.15, 0.2) is 11.5 Å². The van der Waals surface area contributed by atoms with E-state index in [1.165, 1.54) is 32.4 Å². The Bertz CT molecular complexity index is 656. The number of rotatable bonds is 9. The van der Waals surface area contributed by atoms with Gasteiger partial charge < -0.3 is 35.0 Å². The van der Waals surface area contributed by atoms with Gasteiger partial charge in [0.1, 0.15) is 18.3 Å². The van der Waals surface area contributed by atoms with E-state index < -0.39 is 36.0 Å². The number of Topliss-reactive ketones (excluding diaryl/α,β-unsaturated/α-hetero) is 1. The highest BCUT2D eigenvalue weighted by atomic mass is 16.5. The number of carbonyl (C=O) groups is 2. The Hall–Kier alpha value is -2.46. The SMILES string of the molecule is COc1cc(/C=C/C(=O)C(=O)[C@H](O)[C@H](O)[C@@H](O)[C@H](C)O)cc(OC)c1O. The van der Waals surface area contributed by atoms with Crippen LogP contribution in [0.5, 0.6) is 17.2 Å². The number of aromatic hydroxyl groups is 1. The number of aliphatic hydroxyl groups is 4. The van der Waals surface area contributed by atoms with Crippen molar-refractivity contribution in [1.82, 2.24) is 0 Å². The van der Waals surface area contributed by atoms with E-state index in [2.05, 4.69) is 0 Å². The van der Waals surface area contributed by atoms with Crippen molar-refractivity contribution in [3.8, 4) is 17.2 Å². The van der Waals surface area contributed by atoms with E-state index in [0.29, 0.717) is 5.56 Å². The third-order valence-corrected chi connectivity index (χ3v) is 3.61. The van der Waals surface area contributed by atoms with Crippen LogP contribution in [0.25, 0.3) is 6.08 Å². The predicted molar refractivity (Wildman–Crippen MR) is 90.0 cm³/mol. The van der Waals surface area contributed by atoms with Crippen molar-refractivity contribution in [2.45, 2.75) is 31.3 Å². The van der Waals surface area contributed by atoms with Crippen molar-refractivity contribution in [1.29, 1.82) is 0 Å². The van der Waals surface area contributed by atoms with Crippen LogP contribution in [0.15, 0.2) is 18.2 Å². The summed E-state index contributed by atoms with van der Waals surface area (Å²) in [7, 11) is 2.64. The summed E-state index contributed by atoms with van der Waals surface area (Å²) in [5.74, 6) is -2.57. The van der Waals surface area contributed by atoms with Crippen LogP contribution in [-0.4, -0.2) is 75.7 Å². The average Bonchev–Trinajstić information content (AvgIpc) is 2.63. The molecule has 0 radical (unpaired) electrons. The molecule has 1 aromatic rings. The first-order valence-electron chi connectivity index (χ1n) is 7.57. The number of carbonyl (C=O) groups excluding carboxylic acids is 2. The standard InChI is InChI=1S/C17H22O9/c1-8(18)13(20)16(23)17(24)14(21)10(19)5-4-9-6-11(25-2)15(22)12(7-9)26-3/h4-8,13,16-18,20,22-24H,1-3H3/b5-4+/t8-,13-,16+,17-/m0/s1. The molecule has 0 aliphatic rings. The Morgan fingerprint density at radius 3 is 1.92 bits per heavy atom. The number of ketones is 2. The number of phenols is 1. The van der Waals surface area contributed by atoms with Crippen molar-refractivity contribution < 1.29 is 44.6 Å². The summed E-state index contributed by atoms with van der Waals surface area (Å²) in [5, 5.41) is 47.7. The van der Waals surface area contributed by atoms with Gasteiger partial charge in [0.05, 0.1) is 20.3 Å². The van der Waals surface area contributed by atoms with Gasteiger partial charge in [-0.05, 0) is 30.7 Å². The van der Waals surface area contributed by atoms with E-state index in [1.54, 1.807) is 0 Å². The fraction of sp³-hybridized carbons (Fsp3) is 0.412. The minimum absolute atomic E-state index is 0.0817. The molecule has 0 heterocycles. The topological polar surface area (TPSA) is 154 Å². The summed E-state index contributed by atoms with van der Waals surface area (Å²) in [6.07, 6.45) is -5.35. The largest absolute Gasteiger partial charge is 0.502 e. The number of ether oxygens (including phenoxy) is 2. The molecule has 9 heteroatoms. The Morgan fingerprint density at radius 2 is 1.50 bits per heavy atom. The average molecular weight is 370 g/mol. The molecule has 0 aromatic heterocycles. The second-order valence-corrected chi connectivity index (χ2v) is 5.50. The molecule has 9 nitrogen and oxygen atoms in total. The maximum absolute atomic E-state index is 11.9. The fourth-order valence-electron chi connectivity index (χ4n) is 2.04. The lowest BCUT2D eigenvalue weighted by Crippen LogP contribution is -2.48. The second-order valence-electron chi connectivity index (χ2n) is 5.50. The molecule has 0 aliphatic heterocycles. The molecule has 0 unspecified atom stereocenters. The van der Waals surface area contributed by atoms with E-state index in [9.17, 15) is 30.0 Å². The normalized spacial score (nSPS) is 16.0. The lowest BCUT2D eigenvalue weighted by atomic mass is 9.98. The van der Waals surface area contributed by atoms with E-state index in [0.717, 1.165) is 13.0 Å². The van der Waals surface area contributed by atoms with Gasteiger partial charge >= 0.3 is 0 Å². The minimum Gasteiger partial charge on any atom is -0.502 e. The van der Waals surface area contributed by atoms with Crippen LogP contribution < -0.4 is 9.47 Å². The van der Waals surface area contributed by atoms with Gasteiger partial charge in [-0.25, -0.2) is 0 Å². The van der Waals surface area contributed by atoms with E-state index in [4.69, 9.17) is 14.6 Å². The van der Waals surface area contributed by atoms with Gasteiger partial charge in [-0.2, -0.15) is 0 Å². The summed E-state index contributed by atoms with van der Waals surface area (Å²) in [5.41, 5.74) is 0.358. The van der Waals surface area contributed by atoms with Gasteiger partial charge in [-0.15, -0.1) is 0 Å². The maximum atomic E-state index is 11.9. The van der Waals surface area contributed by atoms with Crippen molar-refractivity contribution in [3.63, 3.8) is 0 Å². The molecule has 1 rings (SSSR count). The highest BCUT2D eigenvalue weighted by Gasteiger charge is 2.34. The second kappa shape index (κ2) is 9.30. The van der Waals surface area contributed by atoms with Crippen LogP contribution >= 0.6 is 0 Å². The highest BCUT2D eigenvalue weighted by Crippen LogP contribution is 2.37. The Kier molecular flexibility index (Phi) is 7.72. The zero-order valence-electron chi connectivity index (χ0n) is 14.5. The number of methoxy groups -OCH3 is 2. The van der Waals surface area contributed by atoms with Crippen molar-refractivity contribution >= 4 is 17.6 Å². The summed E-state index contributed by atoms with van der Waals surface area (Å²) < 4.78 is 9.92. The summed E-state index contributed by atoms with van der Waals surface area (Å²) >= 11 is 0. The maximum Gasteiger partial charge on any atom is 0.233 e. The number of benzene rings is 1. The van der Waals surface area contributed by atoms with Crippen LogP contribution in [0.3, 0.4) is 0 Å². The lowest BCUT2D eigenvalue weighted by molar-refractivity contribution is -0.150. The monoisotopic (exact) mass is 370 g/mol. The highest BCUT2D eigenvalue weighted by molar-refractivity contribution is 6.43. The van der Waals surface area contributed by atoms with Crippen molar-refractivity contribution in [2.75, 3.05) is 14.2 Å². The fourth-order valence-corrected chi connectivity index (χ4v) is 2.04. The molecular formula is C17H22O9. The number of phenolic OH excluding ortho intramolecular Hbond substituents is 1. The van der Waals surface area contributed by atoms with Gasteiger partial charge in [0.2, 0.25) is 17.3 Å². The molecule has 26 heavy (non-hydrogen) atoms. The predicted octanol–water partition coefficient (Wildman–Crippen LogP) is -0.976. The zero-order valence-corrected chi connectivity index (χ0v) is 14.5. The number of allylic oxidation sites excluding steroid dienone is 1. The molecule has 0 fully saturated rings. The van der Waals surface area contributed by atoms with Crippen molar-refractivity contribution in [2.24, 2.45) is 0 Å². The minimum atomic E-state index is -2.19. The Labute approximate surface area is 149 Å². The lowest BCUT2D eigenvalue weighted by Gasteiger charge is -2.23. The number of hydrogen-bond acceptors (Lipinski definition) is 9. The Balaban J connectivity index is 2.94. The third-order valence-electron chi connectivity index (χ3n) is 3.61. The van der Waals surface area contributed by atoms with E-state index in [1.807, 2.05) is 0 Å². The number of hydrogen-bond donors (Lipinski definition) is 5. The van der Waals surface area contributed by atoms with Gasteiger partial charge in [0, 0.05) is 0 Å². The molecule has 0 saturated heterocycles. The van der Waals surface area contributed by atoms with Crippen LogP contribution in [-0.2, 0) is 9.59 Å². The van der Waals surface area contributed by atoms with E-state index >= 15 is 0 Å². The molecule has 0 saturated carbocycles. The molecule has 0 aliphatic carbocycles. The number of aliphatic hydroxyl groups excluding tert-OH is 4. The van der Waals surface area contributed by atoms with Crippen LogP contribution in [0.2, 0.25) is 0 Å². The van der Waals surface area contributed by atoms with Crippen molar-refractivity contribution in [3.05, 3.63) is 23.8 Å². The molecule has 0 spiro atoms. The quantitative estimate of drug-likeness (QED) is 0.273. The smallest absolute Gasteiger partial charge is 0.233 e. The molecule has 0 amide bonds. The summed E-state index contributed by atoms with van der Waals surface area (Å²) in [6.45, 7) is 1.15. The van der Waals surface area contributed by atoms with Gasteiger partial charge in [-0.3, -0.25) is 9.59 Å². The van der Waals surface area contributed by atoms with Gasteiger partial charge in [-0.1, -0.05) is 6.08 Å². The first-order valence-corrected chi connectivity index (χ1v) is 7.57. The molecule has 5 N–H and O–H groups in total. The van der Waals surface area contributed by atoms with Crippen LogP contribution in [0.4, 0.5) is 0 Å². The zero-order chi connectivity index (χ0) is 20.0. The van der Waals surface area contributed by atoms with Crippen LogP contribution in [0.1, 0.15) is 12.5 Å². The molecule has 4 atom stereocenters. The van der Waals surface area contributed by atoms with E-state index in [-0.39, 0.29) is 17.2 Å². The van der Waals surface area contributed by atoms with Gasteiger partial charge in [0.25, 0.3) is 0 Å². The first kappa shape index (κ1) is 21.6. The third kappa shape index (κ3) is 5.02. The molecule has 144 valence electrons.